The van der Waals surface area contributed by atoms with Crippen molar-refractivity contribution in [3.63, 3.8) is 0 Å². The summed E-state index contributed by atoms with van der Waals surface area (Å²) in [5, 5.41) is 5.34. The van der Waals surface area contributed by atoms with Crippen molar-refractivity contribution in [1.29, 1.82) is 0 Å². The predicted molar refractivity (Wildman–Crippen MR) is 84.5 cm³/mol. The van der Waals surface area contributed by atoms with Crippen molar-refractivity contribution < 1.29 is 0 Å². The number of rotatable bonds is 4. The summed E-state index contributed by atoms with van der Waals surface area (Å²) in [6, 6.07) is 8.01. The highest BCUT2D eigenvalue weighted by atomic mass is 35.5. The van der Waals surface area contributed by atoms with Crippen LogP contribution in [0.1, 0.15) is 15.4 Å². The molecule has 106 valence electrons. The Bertz CT molecular complexity index is 547. The number of nitrogens with zero attached hydrogens (tertiary/aromatic N) is 2. The number of piperazine rings is 1. The number of benzene rings is 1. The third-order valence-electron chi connectivity index (χ3n) is 3.46. The molecule has 0 spiro atoms. The van der Waals surface area contributed by atoms with Crippen molar-refractivity contribution >= 4 is 22.9 Å². The second-order valence-corrected chi connectivity index (χ2v) is 6.69. The van der Waals surface area contributed by atoms with E-state index in [1.54, 1.807) is 0 Å². The highest BCUT2D eigenvalue weighted by molar-refractivity contribution is 7.11. The van der Waals surface area contributed by atoms with E-state index in [1.807, 2.05) is 29.7 Å². The maximum Gasteiger partial charge on any atom is 0.0971 e. The van der Waals surface area contributed by atoms with E-state index in [4.69, 9.17) is 11.6 Å². The fraction of sp³-hybridized carbons (Fsp3) is 0.400. The van der Waals surface area contributed by atoms with Crippen LogP contribution in [0.4, 0.5) is 0 Å². The topological polar surface area (TPSA) is 28.2 Å². The van der Waals surface area contributed by atoms with E-state index in [0.29, 0.717) is 0 Å². The van der Waals surface area contributed by atoms with Gasteiger partial charge in [-0.3, -0.25) is 4.90 Å². The van der Waals surface area contributed by atoms with E-state index in [-0.39, 0.29) is 0 Å². The summed E-state index contributed by atoms with van der Waals surface area (Å²) >= 11 is 7.72. The fourth-order valence-corrected chi connectivity index (χ4v) is 3.49. The van der Waals surface area contributed by atoms with E-state index in [0.717, 1.165) is 44.2 Å². The van der Waals surface area contributed by atoms with Gasteiger partial charge in [0.2, 0.25) is 0 Å². The van der Waals surface area contributed by atoms with Crippen LogP contribution in [0.3, 0.4) is 0 Å². The van der Waals surface area contributed by atoms with Gasteiger partial charge in [-0.05, 0) is 17.7 Å². The molecule has 0 atom stereocenters. The van der Waals surface area contributed by atoms with E-state index in [1.165, 1.54) is 15.4 Å². The van der Waals surface area contributed by atoms with Gasteiger partial charge in [0.1, 0.15) is 0 Å². The summed E-state index contributed by atoms with van der Waals surface area (Å²) in [7, 11) is 0. The van der Waals surface area contributed by atoms with Crippen LogP contribution in [-0.2, 0) is 13.0 Å². The molecule has 1 aromatic heterocycles. The van der Waals surface area contributed by atoms with Gasteiger partial charge in [0.05, 0.1) is 5.01 Å². The van der Waals surface area contributed by atoms with Crippen LogP contribution in [0, 0.1) is 0 Å². The predicted octanol–water partition coefficient (Wildman–Crippen LogP) is 2.79. The number of aromatic nitrogens is 1. The minimum absolute atomic E-state index is 0.785. The van der Waals surface area contributed by atoms with Crippen molar-refractivity contribution in [2.45, 2.75) is 13.0 Å². The summed E-state index contributed by atoms with van der Waals surface area (Å²) < 4.78 is 0. The molecule has 1 fully saturated rings. The fourth-order valence-electron chi connectivity index (χ4n) is 2.37. The first kappa shape index (κ1) is 14.0. The first-order valence-electron chi connectivity index (χ1n) is 6.91. The number of hydrogen-bond donors (Lipinski definition) is 1. The summed E-state index contributed by atoms with van der Waals surface area (Å²) in [5.74, 6) is 0. The quantitative estimate of drug-likeness (QED) is 0.941. The molecule has 2 heterocycles. The lowest BCUT2D eigenvalue weighted by atomic mass is 10.2. The minimum Gasteiger partial charge on any atom is -0.314 e. The maximum absolute atomic E-state index is 5.90. The van der Waals surface area contributed by atoms with Crippen LogP contribution in [0.15, 0.2) is 30.5 Å². The van der Waals surface area contributed by atoms with Crippen LogP contribution in [0.5, 0.6) is 0 Å². The van der Waals surface area contributed by atoms with Gasteiger partial charge in [-0.2, -0.15) is 0 Å². The van der Waals surface area contributed by atoms with Crippen molar-refractivity contribution in [1.82, 2.24) is 15.2 Å². The molecular formula is C15H18ClN3S. The Kier molecular flexibility index (Phi) is 4.68. The van der Waals surface area contributed by atoms with Crippen LogP contribution in [0.2, 0.25) is 5.02 Å². The van der Waals surface area contributed by atoms with E-state index in [2.05, 4.69) is 27.3 Å². The molecule has 1 saturated heterocycles. The molecule has 3 rings (SSSR count). The molecule has 3 nitrogen and oxygen atoms in total. The highest BCUT2D eigenvalue weighted by Crippen LogP contribution is 2.19. The van der Waals surface area contributed by atoms with Gasteiger partial charge in [-0.25, -0.2) is 4.98 Å². The van der Waals surface area contributed by atoms with Crippen molar-refractivity contribution in [2.24, 2.45) is 0 Å². The molecule has 1 aliphatic heterocycles. The summed E-state index contributed by atoms with van der Waals surface area (Å²) in [4.78, 5) is 8.38. The first-order valence-corrected chi connectivity index (χ1v) is 8.10. The minimum atomic E-state index is 0.785. The third kappa shape index (κ3) is 3.79. The molecular weight excluding hydrogens is 290 g/mol. The van der Waals surface area contributed by atoms with E-state index in [9.17, 15) is 0 Å². The Balaban J connectivity index is 1.60. The second-order valence-electron chi connectivity index (χ2n) is 5.05. The lowest BCUT2D eigenvalue weighted by Crippen LogP contribution is -2.42. The highest BCUT2D eigenvalue weighted by Gasteiger charge is 2.11. The Morgan fingerprint density at radius 1 is 1.20 bits per heavy atom. The monoisotopic (exact) mass is 307 g/mol. The number of hydrogen-bond acceptors (Lipinski definition) is 4. The molecule has 0 aliphatic carbocycles. The SMILES string of the molecule is Clc1ccc(Cc2ncc(CN3CCNCC3)s2)cc1. The molecule has 0 amide bonds. The molecule has 20 heavy (non-hydrogen) atoms. The van der Waals surface area contributed by atoms with Gasteiger partial charge >= 0.3 is 0 Å². The third-order valence-corrected chi connectivity index (χ3v) is 4.69. The van der Waals surface area contributed by atoms with Gasteiger partial charge < -0.3 is 5.32 Å². The molecule has 0 bridgehead atoms. The molecule has 1 aromatic carbocycles. The molecule has 0 unspecified atom stereocenters. The number of thiazole rings is 1. The van der Waals surface area contributed by atoms with Crippen LogP contribution >= 0.6 is 22.9 Å². The van der Waals surface area contributed by atoms with Crippen LogP contribution < -0.4 is 5.32 Å². The second kappa shape index (κ2) is 6.68. The standard InChI is InChI=1S/C15H18ClN3S/c16-13-3-1-12(2-4-13)9-15-18-10-14(20-15)11-19-7-5-17-6-8-19/h1-4,10,17H,5-9,11H2. The average molecular weight is 308 g/mol. The van der Waals surface area contributed by atoms with Gasteiger partial charge in [0.15, 0.2) is 0 Å². The Morgan fingerprint density at radius 3 is 2.70 bits per heavy atom. The van der Waals surface area contributed by atoms with Crippen molar-refractivity contribution in [3.05, 3.63) is 50.9 Å². The van der Waals surface area contributed by atoms with Gasteiger partial charge in [0.25, 0.3) is 0 Å². The summed E-state index contributed by atoms with van der Waals surface area (Å²) in [6.45, 7) is 5.47. The molecule has 1 N–H and O–H groups in total. The smallest absolute Gasteiger partial charge is 0.0971 e. The Labute approximate surface area is 128 Å². The molecule has 0 saturated carbocycles. The van der Waals surface area contributed by atoms with E-state index >= 15 is 0 Å². The van der Waals surface area contributed by atoms with Crippen molar-refractivity contribution in [2.75, 3.05) is 26.2 Å². The zero-order valence-corrected chi connectivity index (χ0v) is 12.9. The first-order chi connectivity index (χ1) is 9.79. The Morgan fingerprint density at radius 2 is 1.95 bits per heavy atom. The zero-order valence-electron chi connectivity index (χ0n) is 11.3. The average Bonchev–Trinajstić information content (AvgIpc) is 2.90. The molecule has 1 aliphatic rings. The lowest BCUT2D eigenvalue weighted by molar-refractivity contribution is 0.235. The van der Waals surface area contributed by atoms with Gasteiger partial charge in [-0.15, -0.1) is 11.3 Å². The summed E-state index contributed by atoms with van der Waals surface area (Å²) in [6.07, 6.45) is 2.92. The van der Waals surface area contributed by atoms with Crippen LogP contribution in [-0.4, -0.2) is 36.1 Å². The van der Waals surface area contributed by atoms with Crippen LogP contribution in [0.25, 0.3) is 0 Å². The zero-order chi connectivity index (χ0) is 13.8. The largest absolute Gasteiger partial charge is 0.314 e. The van der Waals surface area contributed by atoms with Crippen molar-refractivity contribution in [3.8, 4) is 0 Å². The number of halogens is 1. The molecule has 5 heteroatoms. The van der Waals surface area contributed by atoms with Gasteiger partial charge in [-0.1, -0.05) is 23.7 Å². The Hall–Kier alpha value is -0.940. The lowest BCUT2D eigenvalue weighted by Gasteiger charge is -2.26. The van der Waals surface area contributed by atoms with E-state index < -0.39 is 0 Å². The van der Waals surface area contributed by atoms with Gasteiger partial charge in [0, 0.05) is 55.2 Å². The maximum atomic E-state index is 5.90. The molecule has 2 aromatic rings. The number of nitrogens with one attached hydrogen (secondary N) is 1. The molecule has 0 radical (unpaired) electrons. The summed E-state index contributed by atoms with van der Waals surface area (Å²) in [5.41, 5.74) is 1.26. The normalized spacial score (nSPS) is 16.4.